The lowest BCUT2D eigenvalue weighted by molar-refractivity contribution is 0.0538. The summed E-state index contributed by atoms with van der Waals surface area (Å²) in [5, 5.41) is 2.78. The van der Waals surface area contributed by atoms with Crippen molar-refractivity contribution in [3.05, 3.63) is 35.9 Å². The molecule has 1 amide bonds. The van der Waals surface area contributed by atoms with E-state index in [-0.39, 0.29) is 5.91 Å². The molecule has 0 radical (unpaired) electrons. The van der Waals surface area contributed by atoms with Crippen molar-refractivity contribution in [1.29, 1.82) is 0 Å². The van der Waals surface area contributed by atoms with E-state index >= 15 is 0 Å². The molecule has 0 unspecified atom stereocenters. The Bertz CT molecular complexity index is 332. The fraction of sp³-hybridized carbons (Fsp3) is 0.462. The van der Waals surface area contributed by atoms with Crippen LogP contribution in [0.15, 0.2) is 30.3 Å². The van der Waals surface area contributed by atoms with Gasteiger partial charge in [0.1, 0.15) is 0 Å². The smallest absolute Gasteiger partial charge is 0.251 e. The molecule has 4 nitrogen and oxygen atoms in total. The molecule has 0 aliphatic heterocycles. The number of alkyl halides is 1. The molecule has 0 fully saturated rings. The fourth-order valence-corrected chi connectivity index (χ4v) is 1.41. The summed E-state index contributed by atoms with van der Waals surface area (Å²) in [6.45, 7) is 2.54. The van der Waals surface area contributed by atoms with Crippen LogP contribution in [0.3, 0.4) is 0 Å². The first-order valence-electron chi connectivity index (χ1n) is 5.89. The number of benzene rings is 1. The number of nitrogens with one attached hydrogen (secondary N) is 1. The van der Waals surface area contributed by atoms with Gasteiger partial charge in [-0.05, 0) is 12.1 Å². The number of hydrogen-bond donors (Lipinski definition) is 1. The molecular weight excluding hydrogens is 254 g/mol. The van der Waals surface area contributed by atoms with Gasteiger partial charge in [-0.2, -0.15) is 0 Å². The fourth-order valence-electron chi connectivity index (χ4n) is 1.30. The van der Waals surface area contributed by atoms with Gasteiger partial charge in [-0.15, -0.1) is 11.6 Å². The minimum Gasteiger partial charge on any atom is -0.378 e. The normalized spacial score (nSPS) is 10.3. The highest BCUT2D eigenvalue weighted by molar-refractivity contribution is 6.17. The maximum atomic E-state index is 11.6. The number of ether oxygens (including phenoxy) is 2. The number of amides is 1. The van der Waals surface area contributed by atoms with Crippen molar-refractivity contribution in [2.24, 2.45) is 0 Å². The standard InChI is InChI=1S/C13H18ClNO3/c14-6-8-17-10-11-18-9-7-15-13(16)12-4-2-1-3-5-12/h1-5H,6-11H2,(H,15,16). The molecule has 100 valence electrons. The second kappa shape index (κ2) is 9.88. The third-order valence-corrected chi connectivity index (χ3v) is 2.32. The molecule has 0 bridgehead atoms. The van der Waals surface area contributed by atoms with Crippen LogP contribution in [-0.2, 0) is 9.47 Å². The van der Waals surface area contributed by atoms with E-state index in [9.17, 15) is 4.79 Å². The van der Waals surface area contributed by atoms with Gasteiger partial charge < -0.3 is 14.8 Å². The third-order valence-electron chi connectivity index (χ3n) is 2.16. The Kier molecular flexibility index (Phi) is 8.21. The lowest BCUT2D eigenvalue weighted by Crippen LogP contribution is -2.27. The quantitative estimate of drug-likeness (QED) is 0.549. The number of carbonyl (C=O) groups excluding carboxylic acids is 1. The van der Waals surface area contributed by atoms with Gasteiger partial charge in [-0.1, -0.05) is 18.2 Å². The molecule has 1 aromatic carbocycles. The van der Waals surface area contributed by atoms with Gasteiger partial charge in [0.2, 0.25) is 0 Å². The van der Waals surface area contributed by atoms with Crippen molar-refractivity contribution < 1.29 is 14.3 Å². The Morgan fingerprint density at radius 3 is 2.39 bits per heavy atom. The van der Waals surface area contributed by atoms with Crippen LogP contribution in [0.2, 0.25) is 0 Å². The molecule has 0 spiro atoms. The Morgan fingerprint density at radius 1 is 1.06 bits per heavy atom. The van der Waals surface area contributed by atoms with E-state index in [1.54, 1.807) is 12.1 Å². The van der Waals surface area contributed by atoms with Crippen molar-refractivity contribution in [3.63, 3.8) is 0 Å². The number of halogens is 1. The number of carbonyl (C=O) groups is 1. The average molecular weight is 272 g/mol. The molecule has 0 atom stereocenters. The Labute approximate surface area is 112 Å². The zero-order chi connectivity index (χ0) is 13.1. The van der Waals surface area contributed by atoms with E-state index in [4.69, 9.17) is 21.1 Å². The highest BCUT2D eigenvalue weighted by atomic mass is 35.5. The number of rotatable bonds is 9. The summed E-state index contributed by atoms with van der Waals surface area (Å²) in [7, 11) is 0. The highest BCUT2D eigenvalue weighted by Gasteiger charge is 2.02. The summed E-state index contributed by atoms with van der Waals surface area (Å²) >= 11 is 5.44. The summed E-state index contributed by atoms with van der Waals surface area (Å²) in [6.07, 6.45) is 0. The summed E-state index contributed by atoms with van der Waals surface area (Å²) in [5.74, 6) is 0.408. The maximum Gasteiger partial charge on any atom is 0.251 e. The zero-order valence-corrected chi connectivity index (χ0v) is 11.0. The molecule has 5 heteroatoms. The number of hydrogen-bond acceptors (Lipinski definition) is 3. The Balaban J connectivity index is 2.00. The van der Waals surface area contributed by atoms with Crippen molar-refractivity contribution in [1.82, 2.24) is 5.32 Å². The van der Waals surface area contributed by atoms with Crippen LogP contribution < -0.4 is 5.32 Å². The van der Waals surface area contributed by atoms with Crippen molar-refractivity contribution >= 4 is 17.5 Å². The SMILES string of the molecule is O=C(NCCOCCOCCCl)c1ccccc1. The van der Waals surface area contributed by atoms with Gasteiger partial charge in [0.05, 0.1) is 26.4 Å². The van der Waals surface area contributed by atoms with Crippen LogP contribution in [0.1, 0.15) is 10.4 Å². The minimum atomic E-state index is -0.0856. The third kappa shape index (κ3) is 6.59. The van der Waals surface area contributed by atoms with Crippen molar-refractivity contribution in [3.8, 4) is 0 Å². The second-order valence-electron chi connectivity index (χ2n) is 3.54. The first-order valence-corrected chi connectivity index (χ1v) is 6.42. The average Bonchev–Trinajstić information content (AvgIpc) is 2.42. The Morgan fingerprint density at radius 2 is 1.72 bits per heavy atom. The molecule has 0 aliphatic carbocycles. The van der Waals surface area contributed by atoms with Crippen molar-refractivity contribution in [2.45, 2.75) is 0 Å². The van der Waals surface area contributed by atoms with Crippen LogP contribution in [0.4, 0.5) is 0 Å². The molecule has 0 saturated carbocycles. The van der Waals surface area contributed by atoms with E-state index in [0.717, 1.165) is 0 Å². The van der Waals surface area contributed by atoms with E-state index < -0.39 is 0 Å². The molecule has 0 aliphatic rings. The van der Waals surface area contributed by atoms with Gasteiger partial charge >= 0.3 is 0 Å². The molecular formula is C13H18ClNO3. The van der Waals surface area contributed by atoms with E-state index in [2.05, 4.69) is 5.32 Å². The summed E-state index contributed by atoms with van der Waals surface area (Å²) < 4.78 is 10.4. The summed E-state index contributed by atoms with van der Waals surface area (Å²) in [4.78, 5) is 11.6. The molecule has 1 aromatic rings. The van der Waals surface area contributed by atoms with E-state index in [1.165, 1.54) is 0 Å². The van der Waals surface area contributed by atoms with Crippen LogP contribution in [-0.4, -0.2) is 44.8 Å². The van der Waals surface area contributed by atoms with Gasteiger partial charge in [0.15, 0.2) is 0 Å². The van der Waals surface area contributed by atoms with Gasteiger partial charge in [0, 0.05) is 18.0 Å². The van der Waals surface area contributed by atoms with Gasteiger partial charge in [-0.3, -0.25) is 4.79 Å². The van der Waals surface area contributed by atoms with Crippen LogP contribution >= 0.6 is 11.6 Å². The Hall–Kier alpha value is -1.10. The monoisotopic (exact) mass is 271 g/mol. The van der Waals surface area contributed by atoms with Crippen LogP contribution in [0.25, 0.3) is 0 Å². The predicted molar refractivity (Wildman–Crippen MR) is 71.1 cm³/mol. The summed E-state index contributed by atoms with van der Waals surface area (Å²) in [6, 6.07) is 9.09. The largest absolute Gasteiger partial charge is 0.378 e. The lowest BCUT2D eigenvalue weighted by Gasteiger charge is -2.06. The molecule has 0 heterocycles. The molecule has 18 heavy (non-hydrogen) atoms. The molecule has 1 rings (SSSR count). The van der Waals surface area contributed by atoms with E-state index in [1.807, 2.05) is 18.2 Å². The van der Waals surface area contributed by atoms with E-state index in [0.29, 0.717) is 44.4 Å². The summed E-state index contributed by atoms with van der Waals surface area (Å²) in [5.41, 5.74) is 0.656. The first kappa shape index (κ1) is 15.0. The second-order valence-corrected chi connectivity index (χ2v) is 3.91. The lowest BCUT2D eigenvalue weighted by atomic mass is 10.2. The molecule has 0 saturated heterocycles. The van der Waals surface area contributed by atoms with Gasteiger partial charge in [0.25, 0.3) is 5.91 Å². The van der Waals surface area contributed by atoms with Crippen LogP contribution in [0.5, 0.6) is 0 Å². The van der Waals surface area contributed by atoms with Crippen LogP contribution in [0, 0.1) is 0 Å². The zero-order valence-electron chi connectivity index (χ0n) is 10.2. The first-order chi connectivity index (χ1) is 8.84. The highest BCUT2D eigenvalue weighted by Crippen LogP contribution is 1.97. The molecule has 1 N–H and O–H groups in total. The topological polar surface area (TPSA) is 47.6 Å². The maximum absolute atomic E-state index is 11.6. The van der Waals surface area contributed by atoms with Gasteiger partial charge in [-0.25, -0.2) is 0 Å². The molecule has 0 aromatic heterocycles. The van der Waals surface area contributed by atoms with Crippen molar-refractivity contribution in [2.75, 3.05) is 38.9 Å². The minimum absolute atomic E-state index is 0.0856. The predicted octanol–water partition coefficient (Wildman–Crippen LogP) is 1.69.